The van der Waals surface area contributed by atoms with Crippen molar-refractivity contribution in [2.24, 2.45) is 0 Å². The van der Waals surface area contributed by atoms with Crippen molar-refractivity contribution in [2.45, 2.75) is 0 Å². The monoisotopic (exact) mass is 361 g/mol. The van der Waals surface area contributed by atoms with Crippen molar-refractivity contribution in [2.75, 3.05) is 12.4 Å². The number of fused-ring (bicyclic) bond motifs is 1. The van der Waals surface area contributed by atoms with E-state index in [1.165, 1.54) is 0 Å². The molecule has 0 aliphatic carbocycles. The van der Waals surface area contributed by atoms with Gasteiger partial charge < -0.3 is 10.1 Å². The Balaban J connectivity index is 1.82. The molecule has 0 atom stereocenters. The van der Waals surface area contributed by atoms with E-state index in [2.05, 4.69) is 5.32 Å². The normalized spacial score (nSPS) is 14.2. The first kappa shape index (κ1) is 16.4. The Hall–Kier alpha value is -3.04. The summed E-state index contributed by atoms with van der Waals surface area (Å²) in [5.74, 6) is 0.664. The van der Waals surface area contributed by atoms with Crippen LogP contribution in [0.25, 0.3) is 22.8 Å². The highest BCUT2D eigenvalue weighted by atomic mass is 35.5. The number of halogens is 1. The van der Waals surface area contributed by atoms with E-state index in [0.29, 0.717) is 10.6 Å². The largest absolute Gasteiger partial charge is 0.496 e. The molecule has 0 radical (unpaired) electrons. The van der Waals surface area contributed by atoms with E-state index in [4.69, 9.17) is 16.3 Å². The van der Waals surface area contributed by atoms with E-state index in [0.717, 1.165) is 33.7 Å². The molecule has 0 fully saturated rings. The number of benzene rings is 3. The zero-order valence-electron chi connectivity index (χ0n) is 14.1. The Morgan fingerprint density at radius 1 is 0.962 bits per heavy atom. The molecule has 0 spiro atoms. The van der Waals surface area contributed by atoms with E-state index < -0.39 is 0 Å². The van der Waals surface area contributed by atoms with Gasteiger partial charge in [-0.25, -0.2) is 0 Å². The molecule has 0 aromatic heterocycles. The fourth-order valence-electron chi connectivity index (χ4n) is 3.13. The molecule has 0 saturated heterocycles. The summed E-state index contributed by atoms with van der Waals surface area (Å²) in [6.07, 6.45) is 1.88. The van der Waals surface area contributed by atoms with Gasteiger partial charge in [-0.3, -0.25) is 4.79 Å². The maximum absolute atomic E-state index is 12.4. The van der Waals surface area contributed by atoms with E-state index in [1.807, 2.05) is 66.7 Å². The number of hydrogen-bond donors (Lipinski definition) is 1. The Bertz CT molecular complexity index is 1030. The van der Waals surface area contributed by atoms with Gasteiger partial charge in [0.2, 0.25) is 0 Å². The summed E-state index contributed by atoms with van der Waals surface area (Å²) in [6.45, 7) is 0. The van der Waals surface area contributed by atoms with Crippen LogP contribution < -0.4 is 10.1 Å². The van der Waals surface area contributed by atoms with Crippen molar-refractivity contribution in [3.63, 3.8) is 0 Å². The number of methoxy groups -OCH3 is 1. The predicted molar refractivity (Wildman–Crippen MR) is 106 cm³/mol. The van der Waals surface area contributed by atoms with Crippen molar-refractivity contribution in [1.82, 2.24) is 0 Å². The minimum Gasteiger partial charge on any atom is -0.496 e. The molecule has 0 saturated carbocycles. The molecule has 3 aromatic carbocycles. The topological polar surface area (TPSA) is 38.3 Å². The fourth-order valence-corrected chi connectivity index (χ4v) is 3.30. The van der Waals surface area contributed by atoms with Crippen LogP contribution in [0.3, 0.4) is 0 Å². The Kier molecular flexibility index (Phi) is 4.23. The number of anilines is 1. The lowest BCUT2D eigenvalue weighted by atomic mass is 9.99. The average Bonchev–Trinajstić information content (AvgIpc) is 2.97. The van der Waals surface area contributed by atoms with Gasteiger partial charge in [0.15, 0.2) is 0 Å². The van der Waals surface area contributed by atoms with Gasteiger partial charge in [-0.05, 0) is 47.5 Å². The lowest BCUT2D eigenvalue weighted by Crippen LogP contribution is -2.03. The van der Waals surface area contributed by atoms with Crippen LogP contribution in [0.5, 0.6) is 5.75 Å². The summed E-state index contributed by atoms with van der Waals surface area (Å²) in [7, 11) is 1.66. The third-order valence-corrected chi connectivity index (χ3v) is 4.62. The number of rotatable bonds is 3. The van der Waals surface area contributed by atoms with Crippen LogP contribution in [0, 0.1) is 0 Å². The first-order valence-electron chi connectivity index (χ1n) is 8.22. The molecule has 3 aromatic rings. The molecular formula is C22H16ClNO2. The summed E-state index contributed by atoms with van der Waals surface area (Å²) in [4.78, 5) is 12.4. The van der Waals surface area contributed by atoms with Crippen molar-refractivity contribution < 1.29 is 9.53 Å². The molecule has 1 aliphatic heterocycles. The molecule has 26 heavy (non-hydrogen) atoms. The molecule has 128 valence electrons. The number of nitrogens with one attached hydrogen (secondary N) is 1. The molecule has 1 heterocycles. The zero-order valence-corrected chi connectivity index (χ0v) is 14.9. The van der Waals surface area contributed by atoms with Crippen LogP contribution in [0.1, 0.15) is 11.1 Å². The van der Waals surface area contributed by atoms with Gasteiger partial charge in [0, 0.05) is 27.4 Å². The maximum atomic E-state index is 12.4. The maximum Gasteiger partial charge on any atom is 0.256 e. The minimum atomic E-state index is -0.126. The number of carbonyl (C=O) groups excluding carboxylic acids is 1. The fraction of sp³-hybridized carbons (Fsp3) is 0.0455. The molecule has 1 aliphatic rings. The van der Waals surface area contributed by atoms with Gasteiger partial charge in [-0.2, -0.15) is 0 Å². The Labute approximate surface area is 156 Å². The van der Waals surface area contributed by atoms with Crippen LogP contribution in [-0.2, 0) is 4.79 Å². The smallest absolute Gasteiger partial charge is 0.256 e. The second kappa shape index (κ2) is 6.70. The molecule has 1 amide bonds. The summed E-state index contributed by atoms with van der Waals surface area (Å²) < 4.78 is 5.50. The second-order valence-electron chi connectivity index (χ2n) is 6.03. The summed E-state index contributed by atoms with van der Waals surface area (Å²) >= 11 is 6.10. The van der Waals surface area contributed by atoms with Gasteiger partial charge >= 0.3 is 0 Å². The molecule has 0 bridgehead atoms. The number of hydrogen-bond acceptors (Lipinski definition) is 2. The van der Waals surface area contributed by atoms with Crippen LogP contribution >= 0.6 is 11.6 Å². The SMILES string of the molecule is COc1ccc(C=C2C(=O)Nc3ccc(Cl)cc32)cc1-c1ccccc1. The molecule has 4 rings (SSSR count). The van der Waals surface area contributed by atoms with Crippen LogP contribution in [0.4, 0.5) is 5.69 Å². The summed E-state index contributed by atoms with van der Waals surface area (Å²) in [5.41, 5.74) is 5.16. The Morgan fingerprint density at radius 3 is 2.54 bits per heavy atom. The van der Waals surface area contributed by atoms with E-state index in [9.17, 15) is 4.79 Å². The molecule has 0 unspecified atom stereocenters. The van der Waals surface area contributed by atoms with Crippen molar-refractivity contribution in [1.29, 1.82) is 0 Å². The average molecular weight is 362 g/mol. The van der Waals surface area contributed by atoms with Gasteiger partial charge in [0.1, 0.15) is 5.75 Å². The van der Waals surface area contributed by atoms with Crippen molar-refractivity contribution in [3.05, 3.63) is 82.9 Å². The van der Waals surface area contributed by atoms with Crippen molar-refractivity contribution in [3.8, 4) is 16.9 Å². The highest BCUT2D eigenvalue weighted by Crippen LogP contribution is 2.36. The second-order valence-corrected chi connectivity index (χ2v) is 6.46. The quantitative estimate of drug-likeness (QED) is 0.625. The van der Waals surface area contributed by atoms with Gasteiger partial charge in [-0.1, -0.05) is 48.0 Å². The lowest BCUT2D eigenvalue weighted by molar-refractivity contribution is -0.110. The first-order chi connectivity index (χ1) is 12.7. The standard InChI is InChI=1S/C22H16ClNO2/c1-26-21-10-7-14(11-17(21)15-5-3-2-4-6-15)12-19-18-13-16(23)8-9-20(18)24-22(19)25/h2-13H,1H3,(H,24,25). The summed E-state index contributed by atoms with van der Waals surface area (Å²) in [6, 6.07) is 21.3. The molecular weight excluding hydrogens is 346 g/mol. The lowest BCUT2D eigenvalue weighted by Gasteiger charge is -2.10. The molecule has 3 nitrogen and oxygen atoms in total. The van der Waals surface area contributed by atoms with Gasteiger partial charge in [0.05, 0.1) is 7.11 Å². The van der Waals surface area contributed by atoms with Gasteiger partial charge in [-0.15, -0.1) is 0 Å². The predicted octanol–water partition coefficient (Wildman–Crippen LogP) is 5.51. The summed E-state index contributed by atoms with van der Waals surface area (Å²) in [5, 5.41) is 3.48. The first-order valence-corrected chi connectivity index (χ1v) is 8.60. The zero-order chi connectivity index (χ0) is 18.1. The van der Waals surface area contributed by atoms with E-state index in [-0.39, 0.29) is 5.91 Å². The number of carbonyl (C=O) groups is 1. The molecule has 4 heteroatoms. The van der Waals surface area contributed by atoms with E-state index in [1.54, 1.807) is 13.2 Å². The third-order valence-electron chi connectivity index (χ3n) is 4.38. The number of ether oxygens (including phenoxy) is 1. The minimum absolute atomic E-state index is 0.126. The van der Waals surface area contributed by atoms with Gasteiger partial charge in [0.25, 0.3) is 5.91 Å². The van der Waals surface area contributed by atoms with Crippen LogP contribution in [0.15, 0.2) is 66.7 Å². The van der Waals surface area contributed by atoms with Crippen LogP contribution in [0.2, 0.25) is 5.02 Å². The Morgan fingerprint density at radius 2 is 1.77 bits per heavy atom. The third kappa shape index (κ3) is 2.98. The number of amides is 1. The van der Waals surface area contributed by atoms with Crippen molar-refractivity contribution >= 4 is 34.8 Å². The van der Waals surface area contributed by atoms with E-state index >= 15 is 0 Å². The highest BCUT2D eigenvalue weighted by molar-refractivity contribution is 6.36. The highest BCUT2D eigenvalue weighted by Gasteiger charge is 2.24. The molecule has 1 N–H and O–H groups in total. The van der Waals surface area contributed by atoms with Crippen LogP contribution in [-0.4, -0.2) is 13.0 Å².